The largest absolute Gasteiger partial charge is 0.489 e. The third kappa shape index (κ3) is 4.47. The van der Waals surface area contributed by atoms with Gasteiger partial charge in [0.2, 0.25) is 0 Å². The Morgan fingerprint density at radius 1 is 1.33 bits per heavy atom. The molecule has 0 bridgehead atoms. The first-order valence-electron chi connectivity index (χ1n) is 6.83. The minimum atomic E-state index is -0.755. The minimum absolute atomic E-state index is 0.251. The molecule has 0 saturated heterocycles. The molecule has 114 valence electrons. The van der Waals surface area contributed by atoms with Crippen LogP contribution in [-0.4, -0.2) is 39.2 Å². The Balaban J connectivity index is 1.86. The number of nitrogens with one attached hydrogen (secondary N) is 1. The van der Waals surface area contributed by atoms with Gasteiger partial charge in [-0.15, -0.1) is 0 Å². The number of aromatic nitrogens is 2. The highest BCUT2D eigenvalue weighted by Gasteiger charge is 2.04. The average Bonchev–Trinajstić information content (AvgIpc) is 2.81. The topological polar surface area (TPSA) is 79.5 Å². The molecular weight excluding hydrogens is 270 g/mol. The van der Waals surface area contributed by atoms with E-state index in [1.807, 2.05) is 44.4 Å². The van der Waals surface area contributed by atoms with Crippen molar-refractivity contribution in [3.05, 3.63) is 41.7 Å². The van der Waals surface area contributed by atoms with E-state index in [1.54, 1.807) is 4.68 Å². The van der Waals surface area contributed by atoms with Crippen LogP contribution in [0.15, 0.2) is 30.5 Å². The number of aryl methyl sites for hydroxylation is 2. The number of anilines is 1. The smallest absolute Gasteiger partial charge is 0.119 e. The summed E-state index contributed by atoms with van der Waals surface area (Å²) in [7, 11) is 1.89. The molecule has 0 spiro atoms. The summed E-state index contributed by atoms with van der Waals surface area (Å²) in [5, 5.41) is 25.3. The molecule has 2 rings (SSSR count). The maximum absolute atomic E-state index is 9.27. The molecular formula is C15H21N3O3. The molecule has 6 heteroatoms. The molecule has 6 nitrogen and oxygen atoms in total. The van der Waals surface area contributed by atoms with Crippen LogP contribution < -0.4 is 10.1 Å². The molecule has 0 radical (unpaired) electrons. The summed E-state index contributed by atoms with van der Waals surface area (Å²) in [5.41, 5.74) is 2.90. The number of aliphatic hydroxyl groups is 2. The van der Waals surface area contributed by atoms with Crippen LogP contribution in [0.25, 0.3) is 0 Å². The predicted molar refractivity (Wildman–Crippen MR) is 80.3 cm³/mol. The Morgan fingerprint density at radius 3 is 2.62 bits per heavy atom. The lowest BCUT2D eigenvalue weighted by molar-refractivity contribution is 0.105. The van der Waals surface area contributed by atoms with E-state index in [0.717, 1.165) is 22.7 Å². The highest BCUT2D eigenvalue weighted by molar-refractivity contribution is 5.46. The van der Waals surface area contributed by atoms with Gasteiger partial charge in [-0.1, -0.05) is 0 Å². The van der Waals surface area contributed by atoms with E-state index in [2.05, 4.69) is 10.4 Å². The molecule has 3 N–H and O–H groups in total. The van der Waals surface area contributed by atoms with E-state index in [-0.39, 0.29) is 6.61 Å². The number of hydrogen-bond donors (Lipinski definition) is 3. The van der Waals surface area contributed by atoms with Gasteiger partial charge >= 0.3 is 0 Å². The summed E-state index contributed by atoms with van der Waals surface area (Å²) in [4.78, 5) is 0. The maximum atomic E-state index is 9.27. The number of aliphatic hydroxyl groups excluding tert-OH is 2. The molecule has 21 heavy (non-hydrogen) atoms. The van der Waals surface area contributed by atoms with Gasteiger partial charge in [0.25, 0.3) is 0 Å². The van der Waals surface area contributed by atoms with Crippen LogP contribution in [0.1, 0.15) is 11.3 Å². The fourth-order valence-corrected chi connectivity index (χ4v) is 1.92. The van der Waals surface area contributed by atoms with Gasteiger partial charge < -0.3 is 20.3 Å². The van der Waals surface area contributed by atoms with Crippen molar-refractivity contribution < 1.29 is 14.9 Å². The first kappa shape index (κ1) is 15.3. The van der Waals surface area contributed by atoms with Crippen molar-refractivity contribution in [3.8, 4) is 5.75 Å². The third-order valence-electron chi connectivity index (χ3n) is 3.12. The highest BCUT2D eigenvalue weighted by Crippen LogP contribution is 2.17. The lowest BCUT2D eigenvalue weighted by Crippen LogP contribution is -2.22. The lowest BCUT2D eigenvalue weighted by atomic mass is 10.2. The van der Waals surface area contributed by atoms with Gasteiger partial charge in [0.15, 0.2) is 0 Å². The number of benzene rings is 1. The first-order valence-corrected chi connectivity index (χ1v) is 6.83. The van der Waals surface area contributed by atoms with Gasteiger partial charge in [-0.2, -0.15) is 5.10 Å². The van der Waals surface area contributed by atoms with E-state index >= 15 is 0 Å². The number of ether oxygens (including phenoxy) is 1. The average molecular weight is 291 g/mol. The molecule has 0 aliphatic carbocycles. The van der Waals surface area contributed by atoms with Crippen molar-refractivity contribution in [2.75, 3.05) is 18.5 Å². The van der Waals surface area contributed by atoms with Gasteiger partial charge in [0.1, 0.15) is 12.4 Å². The van der Waals surface area contributed by atoms with Gasteiger partial charge in [-0.3, -0.25) is 4.68 Å². The molecule has 1 aromatic heterocycles. The summed E-state index contributed by atoms with van der Waals surface area (Å²) >= 11 is 0. The lowest BCUT2D eigenvalue weighted by Gasteiger charge is -2.11. The normalized spacial score (nSPS) is 12.2. The van der Waals surface area contributed by atoms with Gasteiger partial charge in [-0.05, 0) is 31.2 Å². The Hall–Kier alpha value is -2.05. The Bertz CT molecular complexity index is 566. The molecule has 1 unspecified atom stereocenters. The van der Waals surface area contributed by atoms with E-state index < -0.39 is 6.10 Å². The zero-order valence-electron chi connectivity index (χ0n) is 12.3. The maximum Gasteiger partial charge on any atom is 0.119 e. The van der Waals surface area contributed by atoms with Crippen LogP contribution in [0.3, 0.4) is 0 Å². The Morgan fingerprint density at radius 2 is 2.05 bits per heavy atom. The van der Waals surface area contributed by atoms with Crippen molar-refractivity contribution in [1.82, 2.24) is 9.78 Å². The quantitative estimate of drug-likeness (QED) is 0.711. The van der Waals surface area contributed by atoms with Gasteiger partial charge in [0, 0.05) is 31.0 Å². The van der Waals surface area contributed by atoms with Crippen molar-refractivity contribution in [2.45, 2.75) is 19.6 Å². The molecule has 0 aliphatic heterocycles. The van der Waals surface area contributed by atoms with E-state index in [1.165, 1.54) is 0 Å². The molecule has 0 saturated carbocycles. The van der Waals surface area contributed by atoms with Crippen LogP contribution in [0.2, 0.25) is 0 Å². The molecule has 1 heterocycles. The highest BCUT2D eigenvalue weighted by atomic mass is 16.5. The molecule has 0 fully saturated rings. The summed E-state index contributed by atoms with van der Waals surface area (Å²) in [6.45, 7) is 2.50. The van der Waals surface area contributed by atoms with Crippen molar-refractivity contribution >= 4 is 5.69 Å². The monoisotopic (exact) mass is 291 g/mol. The van der Waals surface area contributed by atoms with Crippen molar-refractivity contribution in [3.63, 3.8) is 0 Å². The van der Waals surface area contributed by atoms with E-state index in [0.29, 0.717) is 13.2 Å². The van der Waals surface area contributed by atoms with E-state index in [4.69, 9.17) is 9.84 Å². The Labute approximate surface area is 124 Å². The van der Waals surface area contributed by atoms with Gasteiger partial charge in [-0.25, -0.2) is 0 Å². The van der Waals surface area contributed by atoms with Crippen molar-refractivity contribution in [2.24, 2.45) is 7.05 Å². The van der Waals surface area contributed by atoms with Gasteiger partial charge in [0.05, 0.1) is 18.4 Å². The predicted octanol–water partition coefficient (Wildman–Crippen LogP) is 1.07. The third-order valence-corrected chi connectivity index (χ3v) is 3.12. The second kappa shape index (κ2) is 7.10. The standard InChI is InChI=1S/C15H21N3O3/c1-11-12(8-18(2)17-11)10-21-15-5-3-13(4-6-15)16-7-14(20)9-19/h3-6,8,14,16,19-20H,7,9-10H2,1-2H3. The van der Waals surface area contributed by atoms with Crippen LogP contribution in [-0.2, 0) is 13.7 Å². The van der Waals surface area contributed by atoms with E-state index in [9.17, 15) is 5.11 Å². The minimum Gasteiger partial charge on any atom is -0.489 e. The zero-order valence-corrected chi connectivity index (χ0v) is 12.3. The fraction of sp³-hybridized carbons (Fsp3) is 0.400. The fourth-order valence-electron chi connectivity index (χ4n) is 1.92. The Kier molecular flexibility index (Phi) is 5.19. The first-order chi connectivity index (χ1) is 10.1. The molecule has 0 aliphatic rings. The zero-order chi connectivity index (χ0) is 15.2. The number of hydrogen-bond acceptors (Lipinski definition) is 5. The molecule has 1 aromatic carbocycles. The SMILES string of the molecule is Cc1nn(C)cc1COc1ccc(NCC(O)CO)cc1. The molecule has 2 aromatic rings. The van der Waals surface area contributed by atoms with Crippen LogP contribution in [0.4, 0.5) is 5.69 Å². The van der Waals surface area contributed by atoms with Crippen molar-refractivity contribution in [1.29, 1.82) is 0 Å². The van der Waals surface area contributed by atoms with Crippen LogP contribution >= 0.6 is 0 Å². The van der Waals surface area contributed by atoms with Crippen LogP contribution in [0, 0.1) is 6.92 Å². The summed E-state index contributed by atoms with van der Waals surface area (Å²) in [6.07, 6.45) is 1.19. The molecule has 1 atom stereocenters. The second-order valence-electron chi connectivity index (χ2n) is 4.94. The summed E-state index contributed by atoms with van der Waals surface area (Å²) in [5.74, 6) is 0.770. The number of nitrogens with zero attached hydrogens (tertiary/aromatic N) is 2. The summed E-state index contributed by atoms with van der Waals surface area (Å²) < 4.78 is 7.49. The van der Waals surface area contributed by atoms with Crippen LogP contribution in [0.5, 0.6) is 5.75 Å². The number of rotatable bonds is 7. The second-order valence-corrected chi connectivity index (χ2v) is 4.94. The summed E-state index contributed by atoms with van der Waals surface area (Å²) in [6, 6.07) is 7.46. The molecule has 0 amide bonds.